The van der Waals surface area contributed by atoms with Crippen molar-refractivity contribution in [2.24, 2.45) is 4.99 Å². The molecular weight excluding hydrogens is 350 g/mol. The van der Waals surface area contributed by atoms with Crippen LogP contribution >= 0.6 is 0 Å². The monoisotopic (exact) mass is 379 g/mol. The predicted octanol–water partition coefficient (Wildman–Crippen LogP) is 3.12. The Morgan fingerprint density at radius 2 is 2.00 bits per heavy atom. The van der Waals surface area contributed by atoms with Gasteiger partial charge in [0.25, 0.3) is 0 Å². The number of pyridine rings is 1. The Balaban J connectivity index is 1.62. The van der Waals surface area contributed by atoms with Crippen molar-refractivity contribution in [1.29, 1.82) is 0 Å². The largest absolute Gasteiger partial charge is 0.396 e. The third kappa shape index (κ3) is 4.18. The molecule has 0 aliphatic carbocycles. The summed E-state index contributed by atoms with van der Waals surface area (Å²) in [6.45, 7) is 3.86. The van der Waals surface area contributed by atoms with Crippen LogP contribution in [0.3, 0.4) is 0 Å². The molecule has 0 bridgehead atoms. The molecule has 0 radical (unpaired) electrons. The molecule has 0 spiro atoms. The second kappa shape index (κ2) is 8.71. The van der Waals surface area contributed by atoms with Crippen molar-refractivity contribution >= 4 is 17.8 Å². The molecule has 3 heterocycles. The number of anilines is 1. The Hall–Kier alpha value is -2.44. The summed E-state index contributed by atoms with van der Waals surface area (Å²) in [4.78, 5) is 11.6. The normalized spacial score (nSPS) is 16.9. The van der Waals surface area contributed by atoms with E-state index in [4.69, 9.17) is 10.1 Å². The third-order valence-corrected chi connectivity index (χ3v) is 5.55. The molecule has 0 atom stereocenters. The van der Waals surface area contributed by atoms with Gasteiger partial charge in [0.1, 0.15) is 5.82 Å². The number of aliphatic imine (C=N–C) groups is 1. The maximum Gasteiger partial charge on any atom is 0.133 e. The summed E-state index contributed by atoms with van der Waals surface area (Å²) < 4.78 is 0. The van der Waals surface area contributed by atoms with Crippen LogP contribution in [0.25, 0.3) is 11.3 Å². The van der Waals surface area contributed by atoms with E-state index < -0.39 is 0 Å². The number of aromatic nitrogens is 1. The molecule has 0 unspecified atom stereocenters. The van der Waals surface area contributed by atoms with Crippen LogP contribution in [0.2, 0.25) is 0 Å². The molecule has 6 heteroatoms. The number of fused-ring (bicyclic) bond motifs is 1. The van der Waals surface area contributed by atoms with Crippen molar-refractivity contribution in [2.45, 2.75) is 31.7 Å². The zero-order chi connectivity index (χ0) is 19.3. The first-order chi connectivity index (χ1) is 13.7. The van der Waals surface area contributed by atoms with Crippen LogP contribution < -0.4 is 10.6 Å². The van der Waals surface area contributed by atoms with E-state index in [9.17, 15) is 0 Å². The highest BCUT2D eigenvalue weighted by Crippen LogP contribution is 2.34. The van der Waals surface area contributed by atoms with Crippen molar-refractivity contribution in [1.82, 2.24) is 15.2 Å². The zero-order valence-corrected chi connectivity index (χ0v) is 16.5. The lowest BCUT2D eigenvalue weighted by Crippen LogP contribution is -2.26. The first-order valence-electron chi connectivity index (χ1n) is 10.2. The molecule has 1 saturated heterocycles. The van der Waals surface area contributed by atoms with E-state index in [-0.39, 0.29) is 6.61 Å². The molecule has 1 aromatic heterocycles. The second-order valence-corrected chi connectivity index (χ2v) is 7.66. The maximum atomic E-state index is 9.09. The van der Waals surface area contributed by atoms with Crippen LogP contribution in [0.5, 0.6) is 0 Å². The number of nitrogens with zero attached hydrogens (tertiary/aromatic N) is 3. The number of aliphatic hydroxyl groups excluding tert-OH is 1. The minimum Gasteiger partial charge on any atom is -0.396 e. The fourth-order valence-electron chi connectivity index (χ4n) is 3.94. The Morgan fingerprint density at radius 3 is 2.75 bits per heavy atom. The van der Waals surface area contributed by atoms with Crippen LogP contribution in [0.15, 0.2) is 35.3 Å². The summed E-state index contributed by atoms with van der Waals surface area (Å²) in [5, 5.41) is 15.9. The van der Waals surface area contributed by atoms with Crippen molar-refractivity contribution in [3.63, 3.8) is 0 Å². The summed E-state index contributed by atoms with van der Waals surface area (Å²) in [6, 6.07) is 10.9. The molecule has 6 nitrogen and oxygen atoms in total. The standard InChI is InChI=1S/C22H29N5O/c1-27-14-19-21(25-15-27)13-20(26-22(19)24-9-2-12-28)18-5-3-16(4-6-18)17-7-10-23-11-8-17/h3-6,13,15,17,23,28H,2,7-12,14H2,1H3,(H,24,26). The summed E-state index contributed by atoms with van der Waals surface area (Å²) in [6.07, 6.45) is 4.98. The molecule has 1 aromatic carbocycles. The van der Waals surface area contributed by atoms with Gasteiger partial charge in [-0.15, -0.1) is 0 Å². The fourth-order valence-corrected chi connectivity index (χ4v) is 3.94. The average Bonchev–Trinajstić information content (AvgIpc) is 2.75. The second-order valence-electron chi connectivity index (χ2n) is 7.66. The average molecular weight is 380 g/mol. The summed E-state index contributed by atoms with van der Waals surface area (Å²) >= 11 is 0. The highest BCUT2D eigenvalue weighted by molar-refractivity contribution is 5.76. The summed E-state index contributed by atoms with van der Waals surface area (Å²) in [7, 11) is 2.01. The highest BCUT2D eigenvalue weighted by atomic mass is 16.3. The Bertz CT molecular complexity index is 828. The van der Waals surface area contributed by atoms with Crippen molar-refractivity contribution in [3.05, 3.63) is 41.5 Å². The number of nitrogens with one attached hydrogen (secondary N) is 2. The van der Waals surface area contributed by atoms with Crippen LogP contribution in [-0.4, -0.2) is 54.6 Å². The lowest BCUT2D eigenvalue weighted by Gasteiger charge is -2.24. The number of rotatable bonds is 6. The Kier molecular flexibility index (Phi) is 5.88. The Morgan fingerprint density at radius 1 is 1.21 bits per heavy atom. The molecular formula is C22H29N5O. The van der Waals surface area contributed by atoms with Crippen molar-refractivity contribution < 1.29 is 5.11 Å². The van der Waals surface area contributed by atoms with E-state index in [1.165, 1.54) is 18.4 Å². The van der Waals surface area contributed by atoms with Gasteiger partial charge in [0.2, 0.25) is 0 Å². The van der Waals surface area contributed by atoms with Gasteiger partial charge in [-0.05, 0) is 49.9 Å². The van der Waals surface area contributed by atoms with E-state index in [0.717, 1.165) is 48.0 Å². The smallest absolute Gasteiger partial charge is 0.133 e. The maximum absolute atomic E-state index is 9.09. The van der Waals surface area contributed by atoms with Gasteiger partial charge in [0.15, 0.2) is 0 Å². The molecule has 4 rings (SSSR count). The van der Waals surface area contributed by atoms with Gasteiger partial charge >= 0.3 is 0 Å². The van der Waals surface area contributed by atoms with Crippen LogP contribution in [0.4, 0.5) is 11.5 Å². The summed E-state index contributed by atoms with van der Waals surface area (Å²) in [5.41, 5.74) is 5.54. The van der Waals surface area contributed by atoms with Crippen molar-refractivity contribution in [3.8, 4) is 11.3 Å². The lowest BCUT2D eigenvalue weighted by molar-refractivity contribution is 0.292. The minimum absolute atomic E-state index is 0.172. The first kappa shape index (κ1) is 18.9. The molecule has 0 amide bonds. The number of benzene rings is 1. The molecule has 28 heavy (non-hydrogen) atoms. The van der Waals surface area contributed by atoms with Gasteiger partial charge in [-0.2, -0.15) is 0 Å². The van der Waals surface area contributed by atoms with Gasteiger partial charge in [-0.25, -0.2) is 9.98 Å². The van der Waals surface area contributed by atoms with Crippen LogP contribution in [-0.2, 0) is 6.54 Å². The molecule has 0 saturated carbocycles. The Labute approximate surface area is 166 Å². The minimum atomic E-state index is 0.172. The first-order valence-corrected chi connectivity index (χ1v) is 10.2. The number of hydrogen-bond acceptors (Lipinski definition) is 6. The predicted molar refractivity (Wildman–Crippen MR) is 114 cm³/mol. The molecule has 3 N–H and O–H groups in total. The van der Waals surface area contributed by atoms with Gasteiger partial charge in [0, 0.05) is 37.9 Å². The molecule has 2 aromatic rings. The fraction of sp³-hybridized carbons (Fsp3) is 0.455. The summed E-state index contributed by atoms with van der Waals surface area (Å²) in [5.74, 6) is 1.52. The molecule has 1 fully saturated rings. The number of aliphatic hydroxyl groups is 1. The van der Waals surface area contributed by atoms with E-state index in [0.29, 0.717) is 18.9 Å². The SMILES string of the molecule is CN1C=Nc2cc(-c3ccc(C4CCNCC4)cc3)nc(NCCCO)c2C1. The van der Waals surface area contributed by atoms with Gasteiger partial charge < -0.3 is 20.6 Å². The van der Waals surface area contributed by atoms with Gasteiger partial charge in [-0.3, -0.25) is 0 Å². The highest BCUT2D eigenvalue weighted by Gasteiger charge is 2.18. The van der Waals surface area contributed by atoms with E-state index >= 15 is 0 Å². The van der Waals surface area contributed by atoms with Gasteiger partial charge in [-0.1, -0.05) is 24.3 Å². The van der Waals surface area contributed by atoms with Crippen LogP contribution in [0, 0.1) is 0 Å². The number of hydrogen-bond donors (Lipinski definition) is 3. The lowest BCUT2D eigenvalue weighted by atomic mass is 9.89. The van der Waals surface area contributed by atoms with Gasteiger partial charge in [0.05, 0.1) is 17.7 Å². The molecule has 2 aliphatic heterocycles. The van der Waals surface area contributed by atoms with E-state index in [2.05, 4.69) is 50.9 Å². The third-order valence-electron chi connectivity index (χ3n) is 5.55. The molecule has 2 aliphatic rings. The topological polar surface area (TPSA) is 72.8 Å². The number of piperidine rings is 1. The van der Waals surface area contributed by atoms with Crippen molar-refractivity contribution in [2.75, 3.05) is 38.6 Å². The molecule has 148 valence electrons. The zero-order valence-electron chi connectivity index (χ0n) is 16.5. The van der Waals surface area contributed by atoms with E-state index in [1.807, 2.05) is 13.4 Å². The van der Waals surface area contributed by atoms with E-state index in [1.54, 1.807) is 0 Å². The quantitative estimate of drug-likeness (QED) is 0.673. The van der Waals surface area contributed by atoms with Crippen LogP contribution in [0.1, 0.15) is 36.3 Å².